The monoisotopic (exact) mass is 293 g/mol. The van der Waals surface area contributed by atoms with Crippen LogP contribution in [0.2, 0.25) is 0 Å². The van der Waals surface area contributed by atoms with Crippen LogP contribution in [0.4, 0.5) is 0 Å². The van der Waals surface area contributed by atoms with Gasteiger partial charge in [0, 0.05) is 5.92 Å². The van der Waals surface area contributed by atoms with E-state index in [1.807, 2.05) is 48.5 Å². The summed E-state index contributed by atoms with van der Waals surface area (Å²) in [4.78, 5) is 12.2. The molecule has 0 unspecified atom stereocenters. The first-order valence-corrected chi connectivity index (χ1v) is 7.42. The van der Waals surface area contributed by atoms with Crippen molar-refractivity contribution < 1.29 is 9.53 Å². The van der Waals surface area contributed by atoms with Crippen LogP contribution < -0.4 is 5.32 Å². The van der Waals surface area contributed by atoms with E-state index in [1.165, 1.54) is 0 Å². The molecule has 0 aliphatic carbocycles. The highest BCUT2D eigenvalue weighted by Crippen LogP contribution is 2.35. The lowest BCUT2D eigenvalue weighted by molar-refractivity contribution is -0.121. The molecular formula is C19H19NO2. The molecule has 0 saturated carbocycles. The highest BCUT2D eigenvalue weighted by Gasteiger charge is 2.29. The average molecular weight is 293 g/mol. The molecule has 2 aromatic carbocycles. The minimum atomic E-state index is -0.0938. The first-order chi connectivity index (χ1) is 10.8. The molecule has 0 radical (unpaired) electrons. The van der Waals surface area contributed by atoms with Gasteiger partial charge in [0.05, 0.1) is 19.6 Å². The molecular weight excluding hydrogens is 274 g/mol. The maximum atomic E-state index is 12.2. The molecule has 2 aromatic rings. The van der Waals surface area contributed by atoms with Crippen molar-refractivity contribution in [2.45, 2.75) is 18.4 Å². The molecule has 2 atom stereocenters. The largest absolute Gasteiger partial charge is 0.501 e. The fraction of sp³-hybridized carbons (Fsp3) is 0.211. The number of ether oxygens (including phenoxy) is 1. The molecule has 1 heterocycles. The summed E-state index contributed by atoms with van der Waals surface area (Å²) in [5, 5.41) is 3.14. The number of nitrogens with one attached hydrogen (secondary N) is 1. The molecule has 112 valence electrons. The summed E-state index contributed by atoms with van der Waals surface area (Å²) in [6.07, 6.45) is 2.34. The lowest BCUT2D eigenvalue weighted by Crippen LogP contribution is -2.30. The lowest BCUT2D eigenvalue weighted by Gasteiger charge is -2.25. The minimum Gasteiger partial charge on any atom is -0.501 e. The Morgan fingerprint density at radius 1 is 0.955 bits per heavy atom. The van der Waals surface area contributed by atoms with E-state index in [4.69, 9.17) is 4.74 Å². The Morgan fingerprint density at radius 2 is 1.55 bits per heavy atom. The second-order valence-electron chi connectivity index (χ2n) is 5.41. The lowest BCUT2D eigenvalue weighted by atomic mass is 9.87. The van der Waals surface area contributed by atoms with Crippen molar-refractivity contribution in [3.63, 3.8) is 0 Å². The third-order valence-electron chi connectivity index (χ3n) is 3.98. The fourth-order valence-electron chi connectivity index (χ4n) is 2.88. The smallest absolute Gasteiger partial charge is 0.228 e. The van der Waals surface area contributed by atoms with Crippen LogP contribution in [0.1, 0.15) is 29.5 Å². The summed E-state index contributed by atoms with van der Waals surface area (Å²) in [7, 11) is 1.62. The van der Waals surface area contributed by atoms with Crippen molar-refractivity contribution in [2.24, 2.45) is 0 Å². The van der Waals surface area contributed by atoms with E-state index in [0.717, 1.165) is 11.1 Å². The molecule has 0 bridgehead atoms. The molecule has 1 N–H and O–H groups in total. The third kappa shape index (κ3) is 3.03. The van der Waals surface area contributed by atoms with Crippen LogP contribution in [0.5, 0.6) is 0 Å². The van der Waals surface area contributed by atoms with Crippen molar-refractivity contribution in [1.82, 2.24) is 5.32 Å². The van der Waals surface area contributed by atoms with E-state index in [2.05, 4.69) is 23.5 Å². The summed E-state index contributed by atoms with van der Waals surface area (Å²) in [6.45, 7) is 0. The molecule has 22 heavy (non-hydrogen) atoms. The molecule has 0 aromatic heterocycles. The third-order valence-corrected chi connectivity index (χ3v) is 3.98. The van der Waals surface area contributed by atoms with Crippen LogP contribution in [0.15, 0.2) is 72.5 Å². The van der Waals surface area contributed by atoms with Crippen LogP contribution in [0.3, 0.4) is 0 Å². The van der Waals surface area contributed by atoms with Crippen molar-refractivity contribution in [3.8, 4) is 0 Å². The van der Waals surface area contributed by atoms with Crippen LogP contribution in [0.25, 0.3) is 0 Å². The van der Waals surface area contributed by atoms with Crippen molar-refractivity contribution in [3.05, 3.63) is 83.6 Å². The van der Waals surface area contributed by atoms with Gasteiger partial charge in [-0.15, -0.1) is 0 Å². The van der Waals surface area contributed by atoms with Crippen LogP contribution in [-0.2, 0) is 9.53 Å². The Bertz CT molecular complexity index is 664. The molecule has 0 spiro atoms. The van der Waals surface area contributed by atoms with Crippen LogP contribution in [0, 0.1) is 0 Å². The van der Waals surface area contributed by atoms with Crippen LogP contribution >= 0.6 is 0 Å². The van der Waals surface area contributed by atoms with E-state index in [0.29, 0.717) is 5.76 Å². The Labute approximate surface area is 130 Å². The van der Waals surface area contributed by atoms with Gasteiger partial charge in [-0.3, -0.25) is 4.79 Å². The maximum Gasteiger partial charge on any atom is 0.228 e. The number of carbonyl (C=O) groups is 1. The zero-order chi connectivity index (χ0) is 15.4. The van der Waals surface area contributed by atoms with Crippen LogP contribution in [-0.4, -0.2) is 13.0 Å². The van der Waals surface area contributed by atoms with E-state index >= 15 is 0 Å². The Balaban J connectivity index is 2.07. The maximum absolute atomic E-state index is 12.2. The average Bonchev–Trinajstić information content (AvgIpc) is 2.75. The van der Waals surface area contributed by atoms with E-state index in [1.54, 1.807) is 7.11 Å². The molecule has 3 nitrogen and oxygen atoms in total. The summed E-state index contributed by atoms with van der Waals surface area (Å²) < 4.78 is 5.38. The summed E-state index contributed by atoms with van der Waals surface area (Å²) >= 11 is 0. The standard InChI is InChI=1S/C19H19NO2/c1-22-16-12-17(14-8-4-2-5-9-14)19(20-18(21)13-16)15-10-6-3-7-11-15/h2-12,17,19H,13H2,1H3,(H,20,21)/t17-,19-/m0/s1. The van der Waals surface area contributed by atoms with Gasteiger partial charge in [0.2, 0.25) is 5.91 Å². The summed E-state index contributed by atoms with van der Waals surface area (Å²) in [6, 6.07) is 20.2. The van der Waals surface area contributed by atoms with Gasteiger partial charge in [-0.05, 0) is 17.2 Å². The first-order valence-electron chi connectivity index (χ1n) is 7.42. The normalized spacial score (nSPS) is 21.5. The molecule has 1 aliphatic heterocycles. The SMILES string of the molecule is COC1=C[C@@H](c2ccccc2)[C@H](c2ccccc2)NC(=O)C1. The molecule has 1 amide bonds. The quantitative estimate of drug-likeness (QED) is 0.939. The van der Waals surface area contributed by atoms with Crippen molar-refractivity contribution in [2.75, 3.05) is 7.11 Å². The number of hydrogen-bond donors (Lipinski definition) is 1. The van der Waals surface area contributed by atoms with E-state index < -0.39 is 0 Å². The van der Waals surface area contributed by atoms with Crippen molar-refractivity contribution in [1.29, 1.82) is 0 Å². The van der Waals surface area contributed by atoms with Gasteiger partial charge >= 0.3 is 0 Å². The predicted molar refractivity (Wildman–Crippen MR) is 86.2 cm³/mol. The highest BCUT2D eigenvalue weighted by molar-refractivity contribution is 5.79. The second kappa shape index (κ2) is 6.48. The van der Waals surface area contributed by atoms with Gasteiger partial charge in [-0.1, -0.05) is 60.7 Å². The molecule has 3 rings (SSSR count). The minimum absolute atomic E-state index is 0.0135. The zero-order valence-electron chi connectivity index (χ0n) is 12.5. The number of benzene rings is 2. The number of amides is 1. The Hall–Kier alpha value is -2.55. The highest BCUT2D eigenvalue weighted by atomic mass is 16.5. The zero-order valence-corrected chi connectivity index (χ0v) is 12.5. The fourth-order valence-corrected chi connectivity index (χ4v) is 2.88. The van der Waals surface area contributed by atoms with Gasteiger partial charge in [-0.2, -0.15) is 0 Å². The first kappa shape index (κ1) is 14.4. The van der Waals surface area contributed by atoms with Gasteiger partial charge in [0.1, 0.15) is 5.76 Å². The van der Waals surface area contributed by atoms with Gasteiger partial charge in [-0.25, -0.2) is 0 Å². The predicted octanol–water partition coefficient (Wildman–Crippen LogP) is 3.56. The molecule has 0 fully saturated rings. The van der Waals surface area contributed by atoms with E-state index in [-0.39, 0.29) is 24.3 Å². The van der Waals surface area contributed by atoms with Gasteiger partial charge in [0.15, 0.2) is 0 Å². The number of rotatable bonds is 3. The Kier molecular flexibility index (Phi) is 4.24. The molecule has 1 aliphatic rings. The summed E-state index contributed by atoms with van der Waals surface area (Å²) in [5.74, 6) is 0.746. The topological polar surface area (TPSA) is 38.3 Å². The van der Waals surface area contributed by atoms with Crippen molar-refractivity contribution >= 4 is 5.91 Å². The number of methoxy groups -OCH3 is 1. The number of hydrogen-bond acceptors (Lipinski definition) is 2. The molecule has 3 heteroatoms. The second-order valence-corrected chi connectivity index (χ2v) is 5.41. The van der Waals surface area contributed by atoms with E-state index in [9.17, 15) is 4.79 Å². The number of carbonyl (C=O) groups excluding carboxylic acids is 1. The van der Waals surface area contributed by atoms with Gasteiger partial charge in [0.25, 0.3) is 0 Å². The van der Waals surface area contributed by atoms with Gasteiger partial charge < -0.3 is 10.1 Å². The molecule has 0 saturated heterocycles. The summed E-state index contributed by atoms with van der Waals surface area (Å²) in [5.41, 5.74) is 2.26. The Morgan fingerprint density at radius 3 is 2.14 bits per heavy atom.